The van der Waals surface area contributed by atoms with E-state index in [-0.39, 0.29) is 31.8 Å². The van der Waals surface area contributed by atoms with Crippen LogP contribution in [-0.4, -0.2) is 28.3 Å². The van der Waals surface area contributed by atoms with Gasteiger partial charge in [-0.1, -0.05) is 0 Å². The highest BCUT2D eigenvalue weighted by molar-refractivity contribution is 5.85. The van der Waals surface area contributed by atoms with E-state index < -0.39 is 18.1 Å². The lowest BCUT2D eigenvalue weighted by Crippen LogP contribution is -2.33. The van der Waals surface area contributed by atoms with Crippen molar-refractivity contribution in [3.8, 4) is 0 Å². The number of imidazole rings is 1. The SMILES string of the molecule is CCOC(=O)c1ncc2n1CC(C(F)(F)F)CC2. The van der Waals surface area contributed by atoms with Crippen LogP contribution in [-0.2, 0) is 17.7 Å². The Morgan fingerprint density at radius 2 is 2.33 bits per heavy atom. The number of hydrogen-bond acceptors (Lipinski definition) is 3. The summed E-state index contributed by atoms with van der Waals surface area (Å²) in [4.78, 5) is 15.4. The van der Waals surface area contributed by atoms with Crippen LogP contribution >= 0.6 is 0 Å². The van der Waals surface area contributed by atoms with Crippen molar-refractivity contribution in [1.82, 2.24) is 9.55 Å². The highest BCUT2D eigenvalue weighted by atomic mass is 19.4. The van der Waals surface area contributed by atoms with E-state index in [4.69, 9.17) is 4.74 Å². The van der Waals surface area contributed by atoms with Crippen molar-refractivity contribution in [1.29, 1.82) is 0 Å². The van der Waals surface area contributed by atoms with Gasteiger partial charge in [0, 0.05) is 18.4 Å². The maximum Gasteiger partial charge on any atom is 0.393 e. The van der Waals surface area contributed by atoms with Gasteiger partial charge in [0.1, 0.15) is 0 Å². The summed E-state index contributed by atoms with van der Waals surface area (Å²) in [7, 11) is 0. The van der Waals surface area contributed by atoms with Crippen LogP contribution in [0.2, 0.25) is 0 Å². The Kier molecular flexibility index (Phi) is 3.32. The largest absolute Gasteiger partial charge is 0.460 e. The van der Waals surface area contributed by atoms with E-state index in [1.165, 1.54) is 10.8 Å². The number of rotatable bonds is 2. The second kappa shape index (κ2) is 4.62. The van der Waals surface area contributed by atoms with Crippen molar-refractivity contribution in [2.45, 2.75) is 32.5 Å². The fourth-order valence-electron chi connectivity index (χ4n) is 2.07. The molecule has 0 aliphatic carbocycles. The van der Waals surface area contributed by atoms with Crippen LogP contribution in [0.3, 0.4) is 0 Å². The maximum atomic E-state index is 12.7. The third-order valence-corrected chi connectivity index (χ3v) is 3.01. The molecular formula is C11H13F3N2O2. The number of hydrogen-bond donors (Lipinski definition) is 0. The van der Waals surface area contributed by atoms with Crippen LogP contribution < -0.4 is 0 Å². The average Bonchev–Trinajstić information content (AvgIpc) is 2.70. The third-order valence-electron chi connectivity index (χ3n) is 3.01. The van der Waals surface area contributed by atoms with Gasteiger partial charge in [-0.2, -0.15) is 13.2 Å². The molecule has 1 unspecified atom stereocenters. The lowest BCUT2D eigenvalue weighted by atomic mass is 9.97. The second-order valence-electron chi connectivity index (χ2n) is 4.18. The summed E-state index contributed by atoms with van der Waals surface area (Å²) in [6, 6.07) is 0. The first-order valence-corrected chi connectivity index (χ1v) is 5.71. The Hall–Kier alpha value is -1.53. The van der Waals surface area contributed by atoms with Crippen molar-refractivity contribution in [2.24, 2.45) is 5.92 Å². The first-order valence-electron chi connectivity index (χ1n) is 5.71. The third kappa shape index (κ3) is 2.34. The number of fused-ring (bicyclic) bond motifs is 1. The standard InChI is InChI=1S/C11H13F3N2O2/c1-2-18-10(17)9-15-5-8-4-3-7(6-16(8)9)11(12,13)14/h5,7H,2-4,6H2,1H3. The molecule has 0 fully saturated rings. The topological polar surface area (TPSA) is 44.1 Å². The lowest BCUT2D eigenvalue weighted by Gasteiger charge is -2.26. The molecule has 2 rings (SSSR count). The van der Waals surface area contributed by atoms with Gasteiger partial charge in [0.2, 0.25) is 5.82 Å². The maximum absolute atomic E-state index is 12.7. The summed E-state index contributed by atoms with van der Waals surface area (Å²) in [5.74, 6) is -2.14. The number of halogens is 3. The van der Waals surface area contributed by atoms with Gasteiger partial charge < -0.3 is 9.30 Å². The van der Waals surface area contributed by atoms with Crippen LogP contribution in [0.15, 0.2) is 6.20 Å². The first-order chi connectivity index (χ1) is 8.43. The van der Waals surface area contributed by atoms with Crippen molar-refractivity contribution in [3.05, 3.63) is 17.7 Å². The highest BCUT2D eigenvalue weighted by Crippen LogP contribution is 2.34. The molecule has 1 aliphatic heterocycles. The van der Waals surface area contributed by atoms with Crippen LogP contribution in [0.4, 0.5) is 13.2 Å². The number of ether oxygens (including phenoxy) is 1. The van der Waals surface area contributed by atoms with E-state index in [9.17, 15) is 18.0 Å². The minimum absolute atomic E-state index is 0.0391. The van der Waals surface area contributed by atoms with Gasteiger partial charge in [0.05, 0.1) is 12.5 Å². The van der Waals surface area contributed by atoms with Crippen LogP contribution in [0, 0.1) is 5.92 Å². The molecule has 0 saturated heterocycles. The number of esters is 1. The van der Waals surface area contributed by atoms with Crippen LogP contribution in [0.1, 0.15) is 29.7 Å². The zero-order valence-electron chi connectivity index (χ0n) is 9.83. The van der Waals surface area contributed by atoms with E-state index >= 15 is 0 Å². The molecule has 0 spiro atoms. The summed E-state index contributed by atoms with van der Waals surface area (Å²) < 4.78 is 44.1. The molecule has 1 aromatic heterocycles. The number of carbonyl (C=O) groups excluding carboxylic acids is 1. The Balaban J connectivity index is 2.24. The molecule has 1 aliphatic rings. The Morgan fingerprint density at radius 3 is 2.94 bits per heavy atom. The van der Waals surface area contributed by atoms with E-state index in [0.29, 0.717) is 5.69 Å². The lowest BCUT2D eigenvalue weighted by molar-refractivity contribution is -0.182. The molecule has 0 N–H and O–H groups in total. The fourth-order valence-corrected chi connectivity index (χ4v) is 2.07. The molecule has 100 valence electrons. The van der Waals surface area contributed by atoms with Crippen LogP contribution in [0.5, 0.6) is 0 Å². The van der Waals surface area contributed by atoms with Gasteiger partial charge in [0.15, 0.2) is 0 Å². The van der Waals surface area contributed by atoms with Gasteiger partial charge in [-0.05, 0) is 19.8 Å². The number of alkyl halides is 3. The molecule has 7 heteroatoms. The van der Waals surface area contributed by atoms with E-state index in [1.54, 1.807) is 6.92 Å². The van der Waals surface area contributed by atoms with Crippen LogP contribution in [0.25, 0.3) is 0 Å². The number of carbonyl (C=O) groups is 1. The zero-order chi connectivity index (χ0) is 13.3. The fraction of sp³-hybridized carbons (Fsp3) is 0.636. The van der Waals surface area contributed by atoms with Gasteiger partial charge in [0.25, 0.3) is 0 Å². The molecular weight excluding hydrogens is 249 g/mol. The molecule has 0 radical (unpaired) electrons. The number of aromatic nitrogens is 2. The zero-order valence-corrected chi connectivity index (χ0v) is 9.83. The first kappa shape index (κ1) is 12.9. The highest BCUT2D eigenvalue weighted by Gasteiger charge is 2.42. The summed E-state index contributed by atoms with van der Waals surface area (Å²) >= 11 is 0. The Labute approximate surface area is 102 Å². The van der Waals surface area contributed by atoms with Crippen molar-refractivity contribution in [2.75, 3.05) is 6.61 Å². The van der Waals surface area contributed by atoms with Gasteiger partial charge in [-0.3, -0.25) is 0 Å². The Bertz CT molecular complexity index is 454. The van der Waals surface area contributed by atoms with Gasteiger partial charge in [-0.25, -0.2) is 9.78 Å². The summed E-state index contributed by atoms with van der Waals surface area (Å²) in [5.41, 5.74) is 0.651. The minimum atomic E-state index is -4.24. The van der Waals surface area contributed by atoms with Gasteiger partial charge in [-0.15, -0.1) is 0 Å². The van der Waals surface area contributed by atoms with E-state index in [2.05, 4.69) is 4.98 Å². The number of aryl methyl sites for hydroxylation is 1. The predicted octanol–water partition coefficient (Wildman–Crippen LogP) is 2.18. The second-order valence-corrected chi connectivity index (χ2v) is 4.18. The summed E-state index contributed by atoms with van der Waals surface area (Å²) in [6.45, 7) is 1.55. The molecule has 0 saturated carbocycles. The van der Waals surface area contributed by atoms with E-state index in [1.807, 2.05) is 0 Å². The van der Waals surface area contributed by atoms with E-state index in [0.717, 1.165) is 0 Å². The predicted molar refractivity (Wildman–Crippen MR) is 56.0 cm³/mol. The summed E-state index contributed by atoms with van der Waals surface area (Å²) in [6.07, 6.45) is -2.49. The molecule has 0 amide bonds. The smallest absolute Gasteiger partial charge is 0.393 e. The monoisotopic (exact) mass is 262 g/mol. The van der Waals surface area contributed by atoms with Crippen molar-refractivity contribution < 1.29 is 22.7 Å². The average molecular weight is 262 g/mol. The molecule has 2 heterocycles. The minimum Gasteiger partial charge on any atom is -0.460 e. The van der Waals surface area contributed by atoms with Crippen molar-refractivity contribution in [3.63, 3.8) is 0 Å². The van der Waals surface area contributed by atoms with Gasteiger partial charge >= 0.3 is 12.1 Å². The molecule has 0 aromatic carbocycles. The molecule has 0 bridgehead atoms. The Morgan fingerprint density at radius 1 is 1.61 bits per heavy atom. The molecule has 4 nitrogen and oxygen atoms in total. The normalized spacial score (nSPS) is 19.4. The number of nitrogens with zero attached hydrogens (tertiary/aromatic N) is 2. The molecule has 1 atom stereocenters. The molecule has 18 heavy (non-hydrogen) atoms. The van der Waals surface area contributed by atoms with Crippen molar-refractivity contribution >= 4 is 5.97 Å². The molecule has 1 aromatic rings. The quantitative estimate of drug-likeness (QED) is 0.767. The summed E-state index contributed by atoms with van der Waals surface area (Å²) in [5, 5.41) is 0.